The summed E-state index contributed by atoms with van der Waals surface area (Å²) in [6.07, 6.45) is 5.40. The van der Waals surface area contributed by atoms with Crippen LogP contribution in [0.5, 0.6) is 5.75 Å². The number of nitrogens with zero attached hydrogens (tertiary/aromatic N) is 1. The number of H-pyrrole nitrogens is 1. The minimum absolute atomic E-state index is 0.0522. The predicted octanol–water partition coefficient (Wildman–Crippen LogP) is 4.20. The molecule has 1 aliphatic rings. The molecule has 146 valence electrons. The van der Waals surface area contributed by atoms with Crippen LogP contribution in [-0.4, -0.2) is 29.5 Å². The fourth-order valence-electron chi connectivity index (χ4n) is 4.29. The van der Waals surface area contributed by atoms with E-state index in [4.69, 9.17) is 4.74 Å². The quantitative estimate of drug-likeness (QED) is 0.648. The van der Waals surface area contributed by atoms with Crippen molar-refractivity contribution in [3.8, 4) is 5.75 Å². The van der Waals surface area contributed by atoms with E-state index in [1.165, 1.54) is 12.8 Å². The van der Waals surface area contributed by atoms with Gasteiger partial charge in [-0.3, -0.25) is 4.79 Å². The van der Waals surface area contributed by atoms with Gasteiger partial charge in [-0.2, -0.15) is 0 Å². The third-order valence-corrected chi connectivity index (χ3v) is 5.71. The number of methoxy groups -OCH3 is 1. The Bertz CT molecular complexity index is 929. The van der Waals surface area contributed by atoms with Crippen LogP contribution in [0.25, 0.3) is 11.0 Å². The number of benzene rings is 2. The molecule has 4 rings (SSSR count). The largest absolute Gasteiger partial charge is 0.497 e. The predicted molar refractivity (Wildman–Crippen MR) is 111 cm³/mol. The molecule has 1 aliphatic carbocycles. The van der Waals surface area contributed by atoms with Crippen molar-refractivity contribution in [2.75, 3.05) is 13.7 Å². The Morgan fingerprint density at radius 2 is 2.00 bits per heavy atom. The van der Waals surface area contributed by atoms with Crippen molar-refractivity contribution in [3.05, 3.63) is 59.9 Å². The van der Waals surface area contributed by atoms with E-state index in [2.05, 4.69) is 27.4 Å². The fraction of sp³-hybridized carbons (Fsp3) is 0.391. The monoisotopic (exact) mass is 377 g/mol. The summed E-state index contributed by atoms with van der Waals surface area (Å²) in [5, 5.41) is 3.15. The number of carbonyl (C=O) groups excluding carboxylic acids is 1. The van der Waals surface area contributed by atoms with Crippen molar-refractivity contribution in [1.82, 2.24) is 15.3 Å². The number of carbonyl (C=O) groups is 1. The summed E-state index contributed by atoms with van der Waals surface area (Å²) in [4.78, 5) is 20.9. The van der Waals surface area contributed by atoms with E-state index in [9.17, 15) is 4.79 Å². The van der Waals surface area contributed by atoms with Gasteiger partial charge in [-0.15, -0.1) is 0 Å². The smallest absolute Gasteiger partial charge is 0.227 e. The van der Waals surface area contributed by atoms with Gasteiger partial charge < -0.3 is 15.0 Å². The van der Waals surface area contributed by atoms with E-state index in [1.54, 1.807) is 7.11 Å². The van der Waals surface area contributed by atoms with Gasteiger partial charge in [0.05, 0.1) is 24.1 Å². The number of aromatic amines is 1. The van der Waals surface area contributed by atoms with Gasteiger partial charge in [0.25, 0.3) is 0 Å². The number of amides is 1. The number of nitrogens with one attached hydrogen (secondary N) is 2. The Morgan fingerprint density at radius 3 is 2.75 bits per heavy atom. The molecule has 2 N–H and O–H groups in total. The van der Waals surface area contributed by atoms with Gasteiger partial charge in [0, 0.05) is 19.0 Å². The molecular weight excluding hydrogens is 350 g/mol. The highest BCUT2D eigenvalue weighted by Gasteiger charge is 2.31. The lowest BCUT2D eigenvalue weighted by Gasteiger charge is -2.23. The molecule has 1 fully saturated rings. The minimum atomic E-state index is -0.0522. The lowest BCUT2D eigenvalue weighted by atomic mass is 9.84. The molecule has 1 amide bonds. The van der Waals surface area contributed by atoms with E-state index in [0.717, 1.165) is 41.0 Å². The molecule has 0 bridgehead atoms. The molecule has 28 heavy (non-hydrogen) atoms. The van der Waals surface area contributed by atoms with Gasteiger partial charge in [-0.25, -0.2) is 4.98 Å². The molecular formula is C23H27N3O2. The summed E-state index contributed by atoms with van der Waals surface area (Å²) >= 11 is 0. The highest BCUT2D eigenvalue weighted by atomic mass is 16.5. The number of rotatable bonds is 7. The van der Waals surface area contributed by atoms with Gasteiger partial charge in [0.15, 0.2) is 0 Å². The maximum Gasteiger partial charge on any atom is 0.227 e. The van der Waals surface area contributed by atoms with Crippen LogP contribution in [-0.2, 0) is 11.2 Å². The molecule has 2 aromatic carbocycles. The maximum atomic E-state index is 13.0. The molecule has 0 saturated heterocycles. The summed E-state index contributed by atoms with van der Waals surface area (Å²) in [7, 11) is 1.65. The molecule has 1 atom stereocenters. The molecule has 5 nitrogen and oxygen atoms in total. The number of fused-ring (bicyclic) bond motifs is 1. The number of hydrogen-bond donors (Lipinski definition) is 2. The summed E-state index contributed by atoms with van der Waals surface area (Å²) in [5.41, 5.74) is 2.99. The summed E-state index contributed by atoms with van der Waals surface area (Å²) in [6.45, 7) is 0.575. The van der Waals surface area contributed by atoms with Crippen LogP contribution in [0, 0.1) is 5.92 Å². The fourth-order valence-corrected chi connectivity index (χ4v) is 4.29. The molecule has 1 heterocycles. The molecule has 5 heteroatoms. The van der Waals surface area contributed by atoms with E-state index in [-0.39, 0.29) is 11.8 Å². The van der Waals surface area contributed by atoms with Crippen LogP contribution >= 0.6 is 0 Å². The second-order valence-corrected chi connectivity index (χ2v) is 7.54. The van der Waals surface area contributed by atoms with E-state index in [0.29, 0.717) is 18.9 Å². The summed E-state index contributed by atoms with van der Waals surface area (Å²) in [6, 6.07) is 16.0. The zero-order valence-corrected chi connectivity index (χ0v) is 16.3. The first-order valence-electron chi connectivity index (χ1n) is 10.1. The highest BCUT2D eigenvalue weighted by Crippen LogP contribution is 2.37. The first-order chi connectivity index (χ1) is 13.7. The molecule has 0 unspecified atom stereocenters. The van der Waals surface area contributed by atoms with Crippen molar-refractivity contribution in [1.29, 1.82) is 0 Å². The van der Waals surface area contributed by atoms with E-state index < -0.39 is 0 Å². The summed E-state index contributed by atoms with van der Waals surface area (Å²) in [5.74, 6) is 2.21. The Kier molecular flexibility index (Phi) is 5.60. The van der Waals surface area contributed by atoms with Crippen LogP contribution in [0.15, 0.2) is 48.5 Å². The average Bonchev–Trinajstić information content (AvgIpc) is 3.38. The lowest BCUT2D eigenvalue weighted by Crippen LogP contribution is -2.34. The van der Waals surface area contributed by atoms with E-state index >= 15 is 0 Å². The Labute approximate surface area is 165 Å². The topological polar surface area (TPSA) is 67.0 Å². The van der Waals surface area contributed by atoms with Gasteiger partial charge in [-0.1, -0.05) is 43.2 Å². The Balaban J connectivity index is 1.41. The van der Waals surface area contributed by atoms with Crippen molar-refractivity contribution in [2.45, 2.75) is 38.0 Å². The van der Waals surface area contributed by atoms with Crippen LogP contribution in [0.4, 0.5) is 0 Å². The third-order valence-electron chi connectivity index (χ3n) is 5.71. The first-order valence-corrected chi connectivity index (χ1v) is 10.1. The molecule has 1 saturated carbocycles. The second kappa shape index (κ2) is 8.46. The third kappa shape index (κ3) is 4.03. The van der Waals surface area contributed by atoms with Crippen molar-refractivity contribution in [3.63, 3.8) is 0 Å². The highest BCUT2D eigenvalue weighted by molar-refractivity contribution is 5.84. The van der Waals surface area contributed by atoms with Crippen LogP contribution in [0.3, 0.4) is 0 Å². The zero-order valence-electron chi connectivity index (χ0n) is 16.3. The van der Waals surface area contributed by atoms with E-state index in [1.807, 2.05) is 36.4 Å². The number of imidazole rings is 1. The minimum Gasteiger partial charge on any atom is -0.497 e. The van der Waals surface area contributed by atoms with Crippen molar-refractivity contribution in [2.24, 2.45) is 5.92 Å². The van der Waals surface area contributed by atoms with Crippen LogP contribution in [0.2, 0.25) is 0 Å². The average molecular weight is 377 g/mol. The Morgan fingerprint density at radius 1 is 1.21 bits per heavy atom. The zero-order chi connectivity index (χ0) is 19.3. The maximum absolute atomic E-state index is 13.0. The molecule has 0 aliphatic heterocycles. The van der Waals surface area contributed by atoms with Gasteiger partial charge in [0.1, 0.15) is 11.6 Å². The van der Waals surface area contributed by atoms with Crippen LogP contribution in [0.1, 0.15) is 43.0 Å². The number of aromatic nitrogens is 2. The normalized spacial score (nSPS) is 15.6. The van der Waals surface area contributed by atoms with Gasteiger partial charge in [-0.05, 0) is 36.5 Å². The molecule has 1 aromatic heterocycles. The molecule has 0 spiro atoms. The number of hydrogen-bond acceptors (Lipinski definition) is 3. The van der Waals surface area contributed by atoms with Gasteiger partial charge >= 0.3 is 0 Å². The summed E-state index contributed by atoms with van der Waals surface area (Å²) < 4.78 is 5.26. The van der Waals surface area contributed by atoms with Gasteiger partial charge in [0.2, 0.25) is 5.91 Å². The van der Waals surface area contributed by atoms with Crippen molar-refractivity contribution >= 4 is 16.9 Å². The number of ether oxygens (including phenoxy) is 1. The first kappa shape index (κ1) is 18.5. The molecule has 0 radical (unpaired) electrons. The van der Waals surface area contributed by atoms with Crippen molar-refractivity contribution < 1.29 is 9.53 Å². The lowest BCUT2D eigenvalue weighted by molar-refractivity contribution is -0.123. The molecule has 3 aromatic rings. The Hall–Kier alpha value is -2.82. The standard InChI is InChI=1S/C23H27N3O2/c1-28-18-11-12-19-20(15-18)26-21(25-19)13-14-24-23(27)22(17-9-5-6-10-17)16-7-3-2-4-8-16/h2-4,7-8,11-12,15,17,22H,5-6,9-10,13-14H2,1H3,(H,24,27)(H,25,26)/t22-/m0/s1. The van der Waals surface area contributed by atoms with Crippen LogP contribution < -0.4 is 10.1 Å². The SMILES string of the molecule is COc1ccc2nc(CCNC(=O)[C@@H](c3ccccc3)C3CCCC3)[nH]c2c1. The second-order valence-electron chi connectivity index (χ2n) is 7.54.